The topological polar surface area (TPSA) is 43.8 Å². The summed E-state index contributed by atoms with van der Waals surface area (Å²) in [6.45, 7) is 2.04. The number of rotatable bonds is 5. The third-order valence-electron chi connectivity index (χ3n) is 3.99. The van der Waals surface area contributed by atoms with Gasteiger partial charge >= 0.3 is 0 Å². The molecule has 0 spiro atoms. The van der Waals surface area contributed by atoms with Gasteiger partial charge in [-0.25, -0.2) is 0 Å². The van der Waals surface area contributed by atoms with Crippen LogP contribution in [0.25, 0.3) is 0 Å². The van der Waals surface area contributed by atoms with Gasteiger partial charge in [-0.1, -0.05) is 25.7 Å². The second kappa shape index (κ2) is 5.67. The van der Waals surface area contributed by atoms with Crippen LogP contribution in [0.3, 0.4) is 0 Å². The van der Waals surface area contributed by atoms with Crippen molar-refractivity contribution in [1.82, 2.24) is 9.78 Å². The van der Waals surface area contributed by atoms with Crippen LogP contribution in [0.1, 0.15) is 49.9 Å². The molecule has 1 aromatic rings. The van der Waals surface area contributed by atoms with Gasteiger partial charge in [0.25, 0.3) is 0 Å². The van der Waals surface area contributed by atoms with Crippen LogP contribution in [-0.4, -0.2) is 15.8 Å². The van der Waals surface area contributed by atoms with Gasteiger partial charge in [0, 0.05) is 25.2 Å². The second-order valence-corrected chi connectivity index (χ2v) is 5.59. The molecule has 1 fully saturated rings. The highest BCUT2D eigenvalue weighted by Crippen LogP contribution is 2.29. The SMILES string of the molecule is Cc1cc(CC(N)CCC2CCCC2)n(C)n1. The molecule has 1 atom stereocenters. The third kappa shape index (κ3) is 3.56. The Hall–Kier alpha value is -0.830. The van der Waals surface area contributed by atoms with E-state index >= 15 is 0 Å². The fraction of sp³-hybridized carbons (Fsp3) is 0.786. The molecule has 0 radical (unpaired) electrons. The van der Waals surface area contributed by atoms with Gasteiger partial charge in [-0.2, -0.15) is 5.10 Å². The molecule has 3 nitrogen and oxygen atoms in total. The van der Waals surface area contributed by atoms with E-state index in [0.29, 0.717) is 6.04 Å². The predicted molar refractivity (Wildman–Crippen MR) is 70.8 cm³/mol. The van der Waals surface area contributed by atoms with Crippen molar-refractivity contribution in [2.45, 2.75) is 57.9 Å². The molecule has 0 bridgehead atoms. The Morgan fingerprint density at radius 3 is 2.76 bits per heavy atom. The third-order valence-corrected chi connectivity index (χ3v) is 3.99. The maximum atomic E-state index is 6.22. The number of nitrogens with zero attached hydrogens (tertiary/aromatic N) is 2. The molecule has 0 aliphatic heterocycles. The van der Waals surface area contributed by atoms with E-state index in [1.54, 1.807) is 0 Å². The van der Waals surface area contributed by atoms with Gasteiger partial charge in [0.2, 0.25) is 0 Å². The van der Waals surface area contributed by atoms with Gasteiger partial charge in [0.1, 0.15) is 0 Å². The van der Waals surface area contributed by atoms with Crippen LogP contribution in [0.5, 0.6) is 0 Å². The molecule has 17 heavy (non-hydrogen) atoms. The predicted octanol–water partition coefficient (Wildman–Crippen LogP) is 2.57. The Bertz CT molecular complexity index is 350. The normalized spacial score (nSPS) is 18.8. The van der Waals surface area contributed by atoms with Gasteiger partial charge in [0.15, 0.2) is 0 Å². The van der Waals surface area contributed by atoms with Crippen molar-refractivity contribution in [2.24, 2.45) is 18.7 Å². The zero-order chi connectivity index (χ0) is 12.3. The van der Waals surface area contributed by atoms with E-state index in [2.05, 4.69) is 11.2 Å². The molecular formula is C14H25N3. The van der Waals surface area contributed by atoms with Gasteiger partial charge < -0.3 is 5.73 Å². The first-order chi connectivity index (χ1) is 8.15. The Balaban J connectivity index is 1.76. The van der Waals surface area contributed by atoms with E-state index < -0.39 is 0 Å². The molecule has 3 heteroatoms. The maximum absolute atomic E-state index is 6.22. The summed E-state index contributed by atoms with van der Waals surface area (Å²) in [6.07, 6.45) is 9.16. The first-order valence-corrected chi connectivity index (χ1v) is 6.90. The Labute approximate surface area is 104 Å². The zero-order valence-electron chi connectivity index (χ0n) is 11.2. The minimum atomic E-state index is 0.297. The summed E-state index contributed by atoms with van der Waals surface area (Å²) in [7, 11) is 2.01. The number of aromatic nitrogens is 2. The zero-order valence-corrected chi connectivity index (χ0v) is 11.2. The minimum absolute atomic E-state index is 0.297. The van der Waals surface area contributed by atoms with Gasteiger partial charge in [-0.3, -0.25) is 4.68 Å². The number of aryl methyl sites for hydroxylation is 2. The number of nitrogens with two attached hydrogens (primary N) is 1. The summed E-state index contributed by atoms with van der Waals surface area (Å²) < 4.78 is 1.96. The van der Waals surface area contributed by atoms with Gasteiger partial charge in [-0.15, -0.1) is 0 Å². The molecule has 1 aliphatic carbocycles. The van der Waals surface area contributed by atoms with Crippen LogP contribution < -0.4 is 5.73 Å². The molecule has 0 amide bonds. The van der Waals surface area contributed by atoms with Crippen LogP contribution in [0.15, 0.2) is 6.07 Å². The van der Waals surface area contributed by atoms with Crippen LogP contribution in [0, 0.1) is 12.8 Å². The standard InChI is InChI=1S/C14H25N3/c1-11-9-14(17(2)16-11)10-13(15)8-7-12-5-3-4-6-12/h9,12-13H,3-8,10,15H2,1-2H3. The van der Waals surface area contributed by atoms with E-state index in [9.17, 15) is 0 Å². The van der Waals surface area contributed by atoms with Crippen molar-refractivity contribution in [2.75, 3.05) is 0 Å². The molecule has 0 saturated heterocycles. The minimum Gasteiger partial charge on any atom is -0.327 e. The van der Waals surface area contributed by atoms with E-state index in [1.807, 2.05) is 18.7 Å². The van der Waals surface area contributed by atoms with E-state index in [0.717, 1.165) is 24.5 Å². The summed E-state index contributed by atoms with van der Waals surface area (Å²) in [4.78, 5) is 0. The summed E-state index contributed by atoms with van der Waals surface area (Å²) >= 11 is 0. The Kier molecular flexibility index (Phi) is 4.21. The lowest BCUT2D eigenvalue weighted by Crippen LogP contribution is -2.24. The fourth-order valence-corrected chi connectivity index (χ4v) is 2.97. The molecule has 2 N–H and O–H groups in total. The molecule has 0 aromatic carbocycles. The van der Waals surface area contributed by atoms with Crippen molar-refractivity contribution < 1.29 is 0 Å². The average Bonchev–Trinajstić information content (AvgIpc) is 2.87. The molecule has 1 heterocycles. The lowest BCUT2D eigenvalue weighted by atomic mass is 9.97. The molecule has 1 unspecified atom stereocenters. The second-order valence-electron chi connectivity index (χ2n) is 5.59. The van der Waals surface area contributed by atoms with Crippen molar-refractivity contribution in [3.63, 3.8) is 0 Å². The van der Waals surface area contributed by atoms with Crippen LogP contribution in [-0.2, 0) is 13.5 Å². The van der Waals surface area contributed by atoms with Crippen molar-refractivity contribution >= 4 is 0 Å². The van der Waals surface area contributed by atoms with Crippen LogP contribution in [0.4, 0.5) is 0 Å². The maximum Gasteiger partial charge on any atom is 0.0596 e. The highest BCUT2D eigenvalue weighted by Gasteiger charge is 2.16. The Morgan fingerprint density at radius 2 is 2.18 bits per heavy atom. The quantitative estimate of drug-likeness (QED) is 0.852. The number of hydrogen-bond donors (Lipinski definition) is 1. The molecule has 96 valence electrons. The summed E-state index contributed by atoms with van der Waals surface area (Å²) in [5, 5.41) is 4.36. The summed E-state index contributed by atoms with van der Waals surface area (Å²) in [6, 6.07) is 2.44. The highest BCUT2D eigenvalue weighted by molar-refractivity contribution is 5.09. The number of hydrogen-bond acceptors (Lipinski definition) is 2. The van der Waals surface area contributed by atoms with E-state index in [1.165, 1.54) is 37.8 Å². The highest BCUT2D eigenvalue weighted by atomic mass is 15.3. The largest absolute Gasteiger partial charge is 0.327 e. The monoisotopic (exact) mass is 235 g/mol. The summed E-state index contributed by atoms with van der Waals surface area (Å²) in [5.74, 6) is 0.953. The van der Waals surface area contributed by atoms with Gasteiger partial charge in [-0.05, 0) is 31.7 Å². The average molecular weight is 235 g/mol. The smallest absolute Gasteiger partial charge is 0.0596 e. The first kappa shape index (κ1) is 12.6. The molecule has 2 rings (SSSR count). The first-order valence-electron chi connectivity index (χ1n) is 6.90. The van der Waals surface area contributed by atoms with Crippen LogP contribution >= 0.6 is 0 Å². The molecule has 1 aliphatic rings. The van der Waals surface area contributed by atoms with Crippen LogP contribution in [0.2, 0.25) is 0 Å². The van der Waals surface area contributed by atoms with E-state index in [-0.39, 0.29) is 0 Å². The lowest BCUT2D eigenvalue weighted by molar-refractivity contribution is 0.443. The fourth-order valence-electron chi connectivity index (χ4n) is 2.97. The van der Waals surface area contributed by atoms with Crippen molar-refractivity contribution in [1.29, 1.82) is 0 Å². The molecule has 1 saturated carbocycles. The Morgan fingerprint density at radius 1 is 1.47 bits per heavy atom. The van der Waals surface area contributed by atoms with Crippen molar-refractivity contribution in [3.8, 4) is 0 Å². The molecular weight excluding hydrogens is 210 g/mol. The van der Waals surface area contributed by atoms with E-state index in [4.69, 9.17) is 5.73 Å². The molecule has 1 aromatic heterocycles. The van der Waals surface area contributed by atoms with Crippen molar-refractivity contribution in [3.05, 3.63) is 17.5 Å². The lowest BCUT2D eigenvalue weighted by Gasteiger charge is -2.14. The summed E-state index contributed by atoms with van der Waals surface area (Å²) in [5.41, 5.74) is 8.57. The van der Waals surface area contributed by atoms with Gasteiger partial charge in [0.05, 0.1) is 5.69 Å².